The van der Waals surface area contributed by atoms with Crippen molar-refractivity contribution >= 4 is 15.9 Å². The number of sulfonamides is 1. The van der Waals surface area contributed by atoms with Crippen molar-refractivity contribution in [2.75, 3.05) is 13.1 Å². The number of likely N-dealkylation sites (tertiary alicyclic amines) is 1. The van der Waals surface area contributed by atoms with E-state index < -0.39 is 10.0 Å². The standard InChI is InChI=1S/C20H24N2O3S/c1-14-9-10-16(26(21,24)25)11-17(14)19(23)22-12-18(20(2,3)13-22)15-7-5-4-6-8-15/h4-11,18H,12-13H2,1-3H3,(H2,21,24,25). The van der Waals surface area contributed by atoms with E-state index in [1.165, 1.54) is 17.7 Å². The molecule has 138 valence electrons. The number of hydrogen-bond donors (Lipinski definition) is 1. The van der Waals surface area contributed by atoms with Crippen LogP contribution in [0.4, 0.5) is 0 Å². The molecule has 1 atom stereocenters. The summed E-state index contributed by atoms with van der Waals surface area (Å²) in [6, 6.07) is 14.6. The number of carbonyl (C=O) groups excluding carboxylic acids is 1. The monoisotopic (exact) mass is 372 g/mol. The predicted octanol–water partition coefficient (Wildman–Crippen LogP) is 2.91. The fourth-order valence-corrected chi connectivity index (χ4v) is 4.25. The van der Waals surface area contributed by atoms with E-state index in [0.29, 0.717) is 18.7 Å². The van der Waals surface area contributed by atoms with Crippen molar-refractivity contribution in [2.24, 2.45) is 10.6 Å². The van der Waals surface area contributed by atoms with E-state index in [2.05, 4.69) is 26.0 Å². The molecule has 0 aliphatic carbocycles. The van der Waals surface area contributed by atoms with Crippen LogP contribution in [0.25, 0.3) is 0 Å². The number of amides is 1. The summed E-state index contributed by atoms with van der Waals surface area (Å²) in [7, 11) is -3.85. The number of nitrogens with two attached hydrogens (primary N) is 1. The van der Waals surface area contributed by atoms with Gasteiger partial charge in [0.05, 0.1) is 4.90 Å². The van der Waals surface area contributed by atoms with Crippen molar-refractivity contribution < 1.29 is 13.2 Å². The first-order valence-electron chi connectivity index (χ1n) is 8.57. The zero-order valence-electron chi connectivity index (χ0n) is 15.3. The van der Waals surface area contributed by atoms with Gasteiger partial charge in [0.15, 0.2) is 0 Å². The average Bonchev–Trinajstić information content (AvgIpc) is 2.90. The van der Waals surface area contributed by atoms with Gasteiger partial charge in [0.1, 0.15) is 0 Å². The molecule has 0 saturated carbocycles. The molecule has 2 N–H and O–H groups in total. The first-order valence-corrected chi connectivity index (χ1v) is 10.1. The second-order valence-corrected chi connectivity index (χ2v) is 9.22. The third kappa shape index (κ3) is 3.52. The van der Waals surface area contributed by atoms with Crippen molar-refractivity contribution in [2.45, 2.75) is 31.6 Å². The number of aryl methyl sites for hydroxylation is 1. The highest BCUT2D eigenvalue weighted by Crippen LogP contribution is 2.42. The lowest BCUT2D eigenvalue weighted by molar-refractivity contribution is 0.0777. The van der Waals surface area contributed by atoms with E-state index in [-0.39, 0.29) is 22.1 Å². The first kappa shape index (κ1) is 18.6. The SMILES string of the molecule is Cc1ccc(S(N)(=O)=O)cc1C(=O)N1CC(c2ccccc2)C(C)(C)C1. The maximum absolute atomic E-state index is 13.1. The summed E-state index contributed by atoms with van der Waals surface area (Å²) in [4.78, 5) is 14.9. The molecule has 26 heavy (non-hydrogen) atoms. The number of hydrogen-bond acceptors (Lipinski definition) is 3. The highest BCUT2D eigenvalue weighted by molar-refractivity contribution is 7.89. The molecule has 0 radical (unpaired) electrons. The van der Waals surface area contributed by atoms with E-state index in [4.69, 9.17) is 5.14 Å². The molecule has 0 aromatic heterocycles. The Hall–Kier alpha value is -2.18. The highest BCUT2D eigenvalue weighted by Gasteiger charge is 2.42. The van der Waals surface area contributed by atoms with Crippen LogP contribution in [0.15, 0.2) is 53.4 Å². The maximum Gasteiger partial charge on any atom is 0.254 e. The first-order chi connectivity index (χ1) is 12.1. The number of benzene rings is 2. The van der Waals surface area contributed by atoms with Crippen molar-refractivity contribution in [1.82, 2.24) is 4.90 Å². The van der Waals surface area contributed by atoms with Crippen LogP contribution < -0.4 is 5.14 Å². The minimum Gasteiger partial charge on any atom is -0.337 e. The van der Waals surface area contributed by atoms with Gasteiger partial charge >= 0.3 is 0 Å². The second kappa shape index (κ2) is 6.52. The summed E-state index contributed by atoms with van der Waals surface area (Å²) in [5.74, 6) is 0.0777. The van der Waals surface area contributed by atoms with E-state index in [0.717, 1.165) is 5.56 Å². The Morgan fingerprint density at radius 3 is 2.42 bits per heavy atom. The van der Waals surface area contributed by atoms with E-state index in [1.807, 2.05) is 23.1 Å². The normalized spacial score (nSPS) is 19.5. The van der Waals surface area contributed by atoms with E-state index >= 15 is 0 Å². The topological polar surface area (TPSA) is 80.5 Å². The molecule has 0 spiro atoms. The maximum atomic E-state index is 13.1. The Morgan fingerprint density at radius 1 is 1.15 bits per heavy atom. The molecule has 1 saturated heterocycles. The quantitative estimate of drug-likeness (QED) is 0.899. The fourth-order valence-electron chi connectivity index (χ4n) is 3.71. The van der Waals surface area contributed by atoms with Gasteiger partial charge in [0.2, 0.25) is 10.0 Å². The zero-order chi connectivity index (χ0) is 19.1. The van der Waals surface area contributed by atoms with Crippen LogP contribution in [-0.2, 0) is 10.0 Å². The molecule has 1 fully saturated rings. The van der Waals surface area contributed by atoms with Crippen LogP contribution in [0.1, 0.15) is 41.3 Å². The lowest BCUT2D eigenvalue weighted by Crippen LogP contribution is -2.31. The fraction of sp³-hybridized carbons (Fsp3) is 0.350. The van der Waals surface area contributed by atoms with Crippen molar-refractivity contribution in [3.8, 4) is 0 Å². The third-order valence-corrected chi connectivity index (χ3v) is 6.11. The Labute approximate surface area is 154 Å². The number of carbonyl (C=O) groups is 1. The summed E-state index contributed by atoms with van der Waals surface area (Å²) in [5.41, 5.74) is 2.27. The van der Waals surface area contributed by atoms with Gasteiger partial charge in [0.25, 0.3) is 5.91 Å². The summed E-state index contributed by atoms with van der Waals surface area (Å²) in [6.45, 7) is 7.34. The lowest BCUT2D eigenvalue weighted by Gasteiger charge is -2.25. The largest absolute Gasteiger partial charge is 0.337 e. The number of primary sulfonamides is 1. The Bertz CT molecular complexity index is 937. The summed E-state index contributed by atoms with van der Waals surface area (Å²) in [6.07, 6.45) is 0. The minimum absolute atomic E-state index is 0.0375. The van der Waals surface area contributed by atoms with Crippen LogP contribution in [-0.4, -0.2) is 32.3 Å². The molecular formula is C20H24N2O3S. The molecule has 1 amide bonds. The van der Waals surface area contributed by atoms with Crippen molar-refractivity contribution in [3.63, 3.8) is 0 Å². The van der Waals surface area contributed by atoms with Crippen molar-refractivity contribution in [3.05, 3.63) is 65.2 Å². The summed E-state index contributed by atoms with van der Waals surface area (Å²) < 4.78 is 23.3. The van der Waals surface area contributed by atoms with Crippen LogP contribution in [0, 0.1) is 12.3 Å². The molecular weight excluding hydrogens is 348 g/mol. The Morgan fingerprint density at radius 2 is 1.81 bits per heavy atom. The second-order valence-electron chi connectivity index (χ2n) is 7.66. The van der Waals surface area contributed by atoms with Crippen LogP contribution in [0.5, 0.6) is 0 Å². The molecule has 5 nitrogen and oxygen atoms in total. The van der Waals surface area contributed by atoms with Crippen LogP contribution >= 0.6 is 0 Å². The Kier molecular flexibility index (Phi) is 4.67. The highest BCUT2D eigenvalue weighted by atomic mass is 32.2. The van der Waals surface area contributed by atoms with Gasteiger partial charge in [-0.3, -0.25) is 4.79 Å². The Balaban J connectivity index is 1.92. The smallest absolute Gasteiger partial charge is 0.254 e. The molecule has 6 heteroatoms. The summed E-state index contributed by atoms with van der Waals surface area (Å²) in [5, 5.41) is 5.22. The molecule has 1 unspecified atom stereocenters. The van der Waals surface area contributed by atoms with Crippen LogP contribution in [0.3, 0.4) is 0 Å². The van der Waals surface area contributed by atoms with E-state index in [1.54, 1.807) is 13.0 Å². The van der Waals surface area contributed by atoms with Gasteiger partial charge in [0, 0.05) is 24.6 Å². The lowest BCUT2D eigenvalue weighted by atomic mass is 9.78. The van der Waals surface area contributed by atoms with Gasteiger partial charge in [-0.2, -0.15) is 0 Å². The van der Waals surface area contributed by atoms with E-state index in [9.17, 15) is 13.2 Å². The number of rotatable bonds is 3. The van der Waals surface area contributed by atoms with Crippen LogP contribution in [0.2, 0.25) is 0 Å². The van der Waals surface area contributed by atoms with Gasteiger partial charge < -0.3 is 4.90 Å². The molecule has 1 aliphatic heterocycles. The van der Waals surface area contributed by atoms with Crippen molar-refractivity contribution in [1.29, 1.82) is 0 Å². The van der Waals surface area contributed by atoms with Gasteiger partial charge in [-0.25, -0.2) is 13.6 Å². The minimum atomic E-state index is -3.85. The zero-order valence-corrected chi connectivity index (χ0v) is 16.1. The number of nitrogens with zero attached hydrogens (tertiary/aromatic N) is 1. The molecule has 0 bridgehead atoms. The predicted molar refractivity (Wildman–Crippen MR) is 101 cm³/mol. The molecule has 1 aliphatic rings. The third-order valence-electron chi connectivity index (χ3n) is 5.20. The molecule has 3 rings (SSSR count). The molecule has 1 heterocycles. The van der Waals surface area contributed by atoms with Gasteiger partial charge in [-0.1, -0.05) is 50.2 Å². The van der Waals surface area contributed by atoms with Gasteiger partial charge in [-0.05, 0) is 35.6 Å². The molecule has 2 aromatic rings. The summed E-state index contributed by atoms with van der Waals surface area (Å²) >= 11 is 0. The molecule has 2 aromatic carbocycles. The average molecular weight is 372 g/mol. The van der Waals surface area contributed by atoms with Gasteiger partial charge in [-0.15, -0.1) is 0 Å².